The van der Waals surface area contributed by atoms with E-state index in [1.165, 1.54) is 25.7 Å². The van der Waals surface area contributed by atoms with Crippen LogP contribution in [0.4, 0.5) is 5.69 Å². The number of nitrogens with zero attached hydrogens (tertiary/aromatic N) is 1. The maximum Gasteiger partial charge on any atom is 0.224 e. The molecular formula is C13H18N2O2. The second-order valence-corrected chi connectivity index (χ2v) is 4.48. The summed E-state index contributed by atoms with van der Waals surface area (Å²) < 4.78 is 5.16. The van der Waals surface area contributed by atoms with Crippen LogP contribution < -0.4 is 10.1 Å². The van der Waals surface area contributed by atoms with Crippen LogP contribution in [0, 0.1) is 5.92 Å². The van der Waals surface area contributed by atoms with E-state index in [0.717, 1.165) is 0 Å². The molecule has 0 saturated heterocycles. The number of pyridine rings is 1. The SMILES string of the molecule is COc1ccncc1NC(=O)CC1CCCC1. The lowest BCUT2D eigenvalue weighted by Gasteiger charge is -2.11. The first-order chi connectivity index (χ1) is 8.29. The van der Waals surface area contributed by atoms with E-state index in [9.17, 15) is 4.79 Å². The van der Waals surface area contributed by atoms with Crippen LogP contribution in [0.15, 0.2) is 18.5 Å². The molecule has 1 aliphatic rings. The van der Waals surface area contributed by atoms with E-state index in [1.807, 2.05) is 0 Å². The van der Waals surface area contributed by atoms with Crippen molar-refractivity contribution < 1.29 is 9.53 Å². The summed E-state index contributed by atoms with van der Waals surface area (Å²) in [4.78, 5) is 15.8. The molecule has 0 atom stereocenters. The largest absolute Gasteiger partial charge is 0.494 e. The molecule has 1 amide bonds. The summed E-state index contributed by atoms with van der Waals surface area (Å²) in [5.41, 5.74) is 0.651. The highest BCUT2D eigenvalue weighted by Gasteiger charge is 2.19. The molecule has 2 rings (SSSR count). The fraction of sp³-hybridized carbons (Fsp3) is 0.538. The van der Waals surface area contributed by atoms with Crippen molar-refractivity contribution in [2.45, 2.75) is 32.1 Å². The first kappa shape index (κ1) is 11.9. The Balaban J connectivity index is 1.92. The molecule has 0 aliphatic heterocycles. The molecule has 0 spiro atoms. The number of ether oxygens (including phenoxy) is 1. The van der Waals surface area contributed by atoms with Crippen LogP contribution in [-0.2, 0) is 4.79 Å². The van der Waals surface area contributed by atoms with Gasteiger partial charge in [-0.2, -0.15) is 0 Å². The maximum absolute atomic E-state index is 11.8. The van der Waals surface area contributed by atoms with Crippen molar-refractivity contribution in [2.24, 2.45) is 5.92 Å². The number of nitrogens with one attached hydrogen (secondary N) is 1. The Morgan fingerprint density at radius 3 is 3.00 bits per heavy atom. The van der Waals surface area contributed by atoms with E-state index in [0.29, 0.717) is 23.8 Å². The molecule has 0 bridgehead atoms. The summed E-state index contributed by atoms with van der Waals surface area (Å²) in [6.07, 6.45) is 8.74. The number of hydrogen-bond acceptors (Lipinski definition) is 3. The number of amides is 1. The third-order valence-electron chi connectivity index (χ3n) is 3.22. The standard InChI is InChI=1S/C13H18N2O2/c1-17-12-6-7-14-9-11(12)15-13(16)8-10-4-2-3-5-10/h6-7,9-10H,2-5,8H2,1H3,(H,15,16). The minimum atomic E-state index is 0.0585. The van der Waals surface area contributed by atoms with Gasteiger partial charge in [0, 0.05) is 18.7 Å². The van der Waals surface area contributed by atoms with Gasteiger partial charge >= 0.3 is 0 Å². The van der Waals surface area contributed by atoms with Gasteiger partial charge in [0.15, 0.2) is 0 Å². The monoisotopic (exact) mass is 234 g/mol. The Morgan fingerprint density at radius 1 is 1.53 bits per heavy atom. The van der Waals surface area contributed by atoms with Gasteiger partial charge in [0.25, 0.3) is 0 Å². The average Bonchev–Trinajstić information content (AvgIpc) is 2.82. The van der Waals surface area contributed by atoms with Crippen molar-refractivity contribution in [2.75, 3.05) is 12.4 Å². The average molecular weight is 234 g/mol. The number of aromatic nitrogens is 1. The smallest absolute Gasteiger partial charge is 0.224 e. The van der Waals surface area contributed by atoms with Crippen LogP contribution >= 0.6 is 0 Å². The van der Waals surface area contributed by atoms with Crippen LogP contribution in [0.1, 0.15) is 32.1 Å². The van der Waals surface area contributed by atoms with E-state index in [-0.39, 0.29) is 5.91 Å². The Labute approximate surface area is 101 Å². The molecule has 1 aromatic heterocycles. The third kappa shape index (κ3) is 3.19. The van der Waals surface area contributed by atoms with Crippen molar-refractivity contribution in [1.82, 2.24) is 4.98 Å². The molecule has 17 heavy (non-hydrogen) atoms. The van der Waals surface area contributed by atoms with E-state index in [1.54, 1.807) is 25.6 Å². The number of rotatable bonds is 4. The fourth-order valence-corrected chi connectivity index (χ4v) is 2.33. The normalized spacial score (nSPS) is 15.8. The lowest BCUT2D eigenvalue weighted by atomic mass is 10.0. The van der Waals surface area contributed by atoms with Crippen molar-refractivity contribution in [3.63, 3.8) is 0 Å². The maximum atomic E-state index is 11.8. The van der Waals surface area contributed by atoms with Crippen molar-refractivity contribution >= 4 is 11.6 Å². The molecule has 1 saturated carbocycles. The van der Waals surface area contributed by atoms with Gasteiger partial charge in [-0.15, -0.1) is 0 Å². The number of methoxy groups -OCH3 is 1. The number of anilines is 1. The van der Waals surface area contributed by atoms with Crippen molar-refractivity contribution in [3.05, 3.63) is 18.5 Å². The quantitative estimate of drug-likeness (QED) is 0.871. The zero-order valence-electron chi connectivity index (χ0n) is 10.1. The van der Waals surface area contributed by atoms with E-state index >= 15 is 0 Å². The van der Waals surface area contributed by atoms with Gasteiger partial charge in [0.05, 0.1) is 13.3 Å². The lowest BCUT2D eigenvalue weighted by Crippen LogP contribution is -2.15. The zero-order valence-corrected chi connectivity index (χ0v) is 10.1. The molecule has 92 valence electrons. The van der Waals surface area contributed by atoms with Crippen molar-refractivity contribution in [3.8, 4) is 5.75 Å². The molecule has 0 radical (unpaired) electrons. The van der Waals surface area contributed by atoms with Crippen LogP contribution in [0.25, 0.3) is 0 Å². The molecule has 1 fully saturated rings. The Bertz CT molecular complexity index is 387. The van der Waals surface area contributed by atoms with Gasteiger partial charge in [-0.25, -0.2) is 0 Å². The lowest BCUT2D eigenvalue weighted by molar-refractivity contribution is -0.117. The van der Waals surface area contributed by atoms with E-state index < -0.39 is 0 Å². The topological polar surface area (TPSA) is 51.2 Å². The molecule has 0 aromatic carbocycles. The predicted octanol–water partition coefficient (Wildman–Crippen LogP) is 2.61. The highest BCUT2D eigenvalue weighted by atomic mass is 16.5. The highest BCUT2D eigenvalue weighted by Crippen LogP contribution is 2.28. The summed E-state index contributed by atoms with van der Waals surface area (Å²) in [5, 5.41) is 2.86. The second-order valence-electron chi connectivity index (χ2n) is 4.48. The Kier molecular flexibility index (Phi) is 3.96. The van der Waals surface area contributed by atoms with Gasteiger partial charge in [-0.1, -0.05) is 12.8 Å². The zero-order chi connectivity index (χ0) is 12.1. The minimum absolute atomic E-state index is 0.0585. The second kappa shape index (κ2) is 5.66. The van der Waals surface area contributed by atoms with Gasteiger partial charge in [-0.3, -0.25) is 9.78 Å². The summed E-state index contributed by atoms with van der Waals surface area (Å²) in [6, 6.07) is 1.74. The molecule has 4 nitrogen and oxygen atoms in total. The van der Waals surface area contributed by atoms with E-state index in [4.69, 9.17) is 4.74 Å². The first-order valence-corrected chi connectivity index (χ1v) is 6.07. The van der Waals surface area contributed by atoms with Crippen LogP contribution in [-0.4, -0.2) is 18.0 Å². The minimum Gasteiger partial charge on any atom is -0.494 e. The van der Waals surface area contributed by atoms with Gasteiger partial charge in [0.1, 0.15) is 11.4 Å². The van der Waals surface area contributed by atoms with Crippen LogP contribution in [0.5, 0.6) is 5.75 Å². The molecule has 0 unspecified atom stereocenters. The molecule has 1 aromatic rings. The van der Waals surface area contributed by atoms with E-state index in [2.05, 4.69) is 10.3 Å². The third-order valence-corrected chi connectivity index (χ3v) is 3.22. The molecule has 1 aliphatic carbocycles. The molecule has 4 heteroatoms. The summed E-state index contributed by atoms with van der Waals surface area (Å²) >= 11 is 0. The Morgan fingerprint density at radius 2 is 2.29 bits per heavy atom. The Hall–Kier alpha value is -1.58. The summed E-state index contributed by atoms with van der Waals surface area (Å²) in [7, 11) is 1.59. The summed E-state index contributed by atoms with van der Waals surface area (Å²) in [6.45, 7) is 0. The van der Waals surface area contributed by atoms with Gasteiger partial charge < -0.3 is 10.1 Å². The van der Waals surface area contributed by atoms with Crippen LogP contribution in [0.2, 0.25) is 0 Å². The number of hydrogen-bond donors (Lipinski definition) is 1. The number of carbonyl (C=O) groups excluding carboxylic acids is 1. The number of carbonyl (C=O) groups is 1. The fourth-order valence-electron chi connectivity index (χ4n) is 2.33. The molecule has 1 heterocycles. The highest BCUT2D eigenvalue weighted by molar-refractivity contribution is 5.92. The van der Waals surface area contributed by atoms with Gasteiger partial charge in [0.2, 0.25) is 5.91 Å². The predicted molar refractivity (Wildman–Crippen MR) is 66.0 cm³/mol. The summed E-state index contributed by atoms with van der Waals surface area (Å²) in [5.74, 6) is 1.26. The van der Waals surface area contributed by atoms with Crippen molar-refractivity contribution in [1.29, 1.82) is 0 Å². The van der Waals surface area contributed by atoms with Crippen LogP contribution in [0.3, 0.4) is 0 Å². The first-order valence-electron chi connectivity index (χ1n) is 6.07. The van der Waals surface area contributed by atoms with Gasteiger partial charge in [-0.05, 0) is 18.8 Å². The molecule has 1 N–H and O–H groups in total. The molecular weight excluding hydrogens is 216 g/mol.